The van der Waals surface area contributed by atoms with E-state index in [0.29, 0.717) is 31.9 Å². The molecule has 5 rings (SSSR count). The number of hydrogen-bond donors (Lipinski definition) is 0. The third kappa shape index (κ3) is 5.26. The predicted molar refractivity (Wildman–Crippen MR) is 127 cm³/mol. The average Bonchev–Trinajstić information content (AvgIpc) is 3.48. The summed E-state index contributed by atoms with van der Waals surface area (Å²) in [6.07, 6.45) is 0.0374. The number of carbonyl (C=O) groups is 1. The lowest BCUT2D eigenvalue weighted by Gasteiger charge is -2.34. The molecule has 2 aromatic carbocycles. The standard InChI is InChI=1S/C27H30N2O5/c1-19-13-29(14-20(2)33-19)27(30)25-11-9-23(34-25)17-28(15-21-6-4-3-5-7-21)16-22-8-10-24-26(12-22)32-18-31-24/h3-12,19-20H,13-18H2,1-2H3. The van der Waals surface area contributed by atoms with E-state index in [-0.39, 0.29) is 24.9 Å². The number of morpholine rings is 1. The fourth-order valence-corrected chi connectivity index (χ4v) is 4.60. The molecule has 1 aromatic heterocycles. The molecule has 1 fully saturated rings. The number of carbonyl (C=O) groups excluding carboxylic acids is 1. The van der Waals surface area contributed by atoms with Gasteiger partial charge in [0.05, 0.1) is 18.8 Å². The van der Waals surface area contributed by atoms with Gasteiger partial charge in [-0.1, -0.05) is 36.4 Å². The molecule has 1 amide bonds. The minimum absolute atomic E-state index is 0.0187. The summed E-state index contributed by atoms with van der Waals surface area (Å²) in [5.41, 5.74) is 2.33. The molecule has 7 heteroatoms. The molecule has 2 aliphatic rings. The first-order chi connectivity index (χ1) is 16.5. The van der Waals surface area contributed by atoms with Gasteiger partial charge < -0.3 is 23.5 Å². The highest BCUT2D eigenvalue weighted by molar-refractivity contribution is 5.91. The van der Waals surface area contributed by atoms with Crippen LogP contribution in [0.1, 0.15) is 41.3 Å². The van der Waals surface area contributed by atoms with Crippen molar-refractivity contribution in [3.05, 3.63) is 83.3 Å². The zero-order valence-corrected chi connectivity index (χ0v) is 19.6. The van der Waals surface area contributed by atoms with Crippen LogP contribution < -0.4 is 9.47 Å². The van der Waals surface area contributed by atoms with E-state index in [2.05, 4.69) is 23.1 Å². The van der Waals surface area contributed by atoms with E-state index in [9.17, 15) is 4.79 Å². The van der Waals surface area contributed by atoms with Gasteiger partial charge >= 0.3 is 0 Å². The lowest BCUT2D eigenvalue weighted by molar-refractivity contribution is -0.0592. The van der Waals surface area contributed by atoms with E-state index >= 15 is 0 Å². The molecular weight excluding hydrogens is 432 g/mol. The lowest BCUT2D eigenvalue weighted by atomic mass is 10.1. The summed E-state index contributed by atoms with van der Waals surface area (Å²) in [6.45, 7) is 7.41. The summed E-state index contributed by atoms with van der Waals surface area (Å²) in [7, 11) is 0. The molecular formula is C27H30N2O5. The van der Waals surface area contributed by atoms with Crippen molar-refractivity contribution in [2.24, 2.45) is 0 Å². The number of rotatable bonds is 7. The Hall–Kier alpha value is -3.29. The SMILES string of the molecule is CC1CN(C(=O)c2ccc(CN(Cc3ccccc3)Cc3ccc4c(c3)OCO4)o2)CC(C)O1. The van der Waals surface area contributed by atoms with E-state index in [4.69, 9.17) is 18.6 Å². The summed E-state index contributed by atoms with van der Waals surface area (Å²) in [5, 5.41) is 0. The zero-order chi connectivity index (χ0) is 23.5. The number of nitrogens with zero attached hydrogens (tertiary/aromatic N) is 2. The third-order valence-corrected chi connectivity index (χ3v) is 6.05. The van der Waals surface area contributed by atoms with E-state index in [1.165, 1.54) is 5.56 Å². The van der Waals surface area contributed by atoms with E-state index in [1.807, 2.05) is 55.1 Å². The van der Waals surface area contributed by atoms with E-state index in [1.54, 1.807) is 6.07 Å². The third-order valence-electron chi connectivity index (χ3n) is 6.05. The highest BCUT2D eigenvalue weighted by atomic mass is 16.7. The van der Waals surface area contributed by atoms with Crippen LogP contribution in [0.15, 0.2) is 65.1 Å². The number of amides is 1. The maximum atomic E-state index is 13.0. The first kappa shape index (κ1) is 22.5. The Morgan fingerprint density at radius 3 is 2.41 bits per heavy atom. The Labute approximate surface area is 199 Å². The maximum absolute atomic E-state index is 13.0. The van der Waals surface area contributed by atoms with Gasteiger partial charge in [0.1, 0.15) is 5.76 Å². The van der Waals surface area contributed by atoms with Gasteiger partial charge in [-0.15, -0.1) is 0 Å². The van der Waals surface area contributed by atoms with Crippen LogP contribution in [0.25, 0.3) is 0 Å². The van der Waals surface area contributed by atoms with Crippen molar-refractivity contribution in [3.63, 3.8) is 0 Å². The van der Waals surface area contributed by atoms with Gasteiger partial charge in [0.25, 0.3) is 5.91 Å². The molecule has 3 heterocycles. The minimum Gasteiger partial charge on any atom is -0.455 e. The van der Waals surface area contributed by atoms with Crippen molar-refractivity contribution in [1.29, 1.82) is 0 Å². The molecule has 0 spiro atoms. The van der Waals surface area contributed by atoms with Crippen molar-refractivity contribution in [2.45, 2.75) is 45.7 Å². The molecule has 2 unspecified atom stereocenters. The van der Waals surface area contributed by atoms with Crippen LogP contribution in [0.4, 0.5) is 0 Å². The Bertz CT molecular complexity index is 1120. The molecule has 2 aliphatic heterocycles. The minimum atomic E-state index is -0.0846. The smallest absolute Gasteiger partial charge is 0.289 e. The van der Waals surface area contributed by atoms with E-state index < -0.39 is 0 Å². The van der Waals surface area contributed by atoms with Crippen LogP contribution in [0.3, 0.4) is 0 Å². The molecule has 0 aliphatic carbocycles. The number of ether oxygens (including phenoxy) is 3. The van der Waals surface area contributed by atoms with Crippen molar-refractivity contribution in [2.75, 3.05) is 19.9 Å². The summed E-state index contributed by atoms with van der Waals surface area (Å²) >= 11 is 0. The second-order valence-electron chi connectivity index (χ2n) is 9.05. The van der Waals surface area contributed by atoms with Gasteiger partial charge in [-0.25, -0.2) is 0 Å². The molecule has 178 valence electrons. The molecule has 0 radical (unpaired) electrons. The highest BCUT2D eigenvalue weighted by Crippen LogP contribution is 2.33. The van der Waals surface area contributed by atoms with Crippen LogP contribution in [-0.4, -0.2) is 47.8 Å². The first-order valence-corrected chi connectivity index (χ1v) is 11.7. The van der Waals surface area contributed by atoms with Gasteiger partial charge in [0, 0.05) is 26.2 Å². The van der Waals surface area contributed by atoms with Gasteiger partial charge in [0.15, 0.2) is 17.3 Å². The summed E-state index contributed by atoms with van der Waals surface area (Å²) < 4.78 is 22.8. The van der Waals surface area contributed by atoms with Crippen molar-refractivity contribution < 1.29 is 23.4 Å². The molecule has 0 N–H and O–H groups in total. The molecule has 7 nitrogen and oxygen atoms in total. The quantitative estimate of drug-likeness (QED) is 0.517. The molecule has 2 atom stereocenters. The van der Waals surface area contributed by atoms with Crippen LogP contribution >= 0.6 is 0 Å². The van der Waals surface area contributed by atoms with Crippen molar-refractivity contribution >= 4 is 5.91 Å². The summed E-state index contributed by atoms with van der Waals surface area (Å²) in [5.74, 6) is 2.60. The molecule has 1 saturated heterocycles. The average molecular weight is 463 g/mol. The van der Waals surface area contributed by atoms with E-state index in [0.717, 1.165) is 29.4 Å². The summed E-state index contributed by atoms with van der Waals surface area (Å²) in [6, 6.07) is 20.1. The van der Waals surface area contributed by atoms with Crippen LogP contribution in [0, 0.1) is 0 Å². The number of benzene rings is 2. The molecule has 0 saturated carbocycles. The van der Waals surface area contributed by atoms with Crippen LogP contribution in [0.2, 0.25) is 0 Å². The number of hydrogen-bond acceptors (Lipinski definition) is 6. The van der Waals surface area contributed by atoms with Crippen LogP contribution in [0.5, 0.6) is 11.5 Å². The van der Waals surface area contributed by atoms with Gasteiger partial charge in [-0.05, 0) is 49.2 Å². The van der Waals surface area contributed by atoms with Crippen molar-refractivity contribution in [3.8, 4) is 11.5 Å². The Balaban J connectivity index is 1.31. The second kappa shape index (κ2) is 9.91. The normalized spacial score (nSPS) is 19.6. The van der Waals surface area contributed by atoms with Gasteiger partial charge in [-0.2, -0.15) is 0 Å². The van der Waals surface area contributed by atoms with Crippen LogP contribution in [-0.2, 0) is 24.4 Å². The van der Waals surface area contributed by atoms with Gasteiger partial charge in [-0.3, -0.25) is 9.69 Å². The summed E-state index contributed by atoms with van der Waals surface area (Å²) in [4.78, 5) is 17.1. The fraction of sp³-hybridized carbons (Fsp3) is 0.370. The fourth-order valence-electron chi connectivity index (χ4n) is 4.60. The number of furan rings is 1. The Morgan fingerprint density at radius 1 is 0.882 bits per heavy atom. The topological polar surface area (TPSA) is 64.4 Å². The molecule has 34 heavy (non-hydrogen) atoms. The van der Waals surface area contributed by atoms with Gasteiger partial charge in [0.2, 0.25) is 6.79 Å². The maximum Gasteiger partial charge on any atom is 0.289 e. The monoisotopic (exact) mass is 462 g/mol. The zero-order valence-electron chi connectivity index (χ0n) is 19.6. The highest BCUT2D eigenvalue weighted by Gasteiger charge is 2.28. The molecule has 0 bridgehead atoms. The number of fused-ring (bicyclic) bond motifs is 1. The Morgan fingerprint density at radius 2 is 1.62 bits per heavy atom. The largest absolute Gasteiger partial charge is 0.455 e. The Kier molecular flexibility index (Phi) is 6.56. The second-order valence-corrected chi connectivity index (χ2v) is 9.05. The van der Waals surface area contributed by atoms with Crippen molar-refractivity contribution in [1.82, 2.24) is 9.80 Å². The predicted octanol–water partition coefficient (Wildman–Crippen LogP) is 4.46. The lowest BCUT2D eigenvalue weighted by Crippen LogP contribution is -2.48. The molecule has 3 aromatic rings. The first-order valence-electron chi connectivity index (χ1n) is 11.7.